The van der Waals surface area contributed by atoms with Crippen LogP contribution in [0.25, 0.3) is 11.3 Å². The molecule has 0 aliphatic carbocycles. The average molecular weight is 575 g/mol. The second-order valence-corrected chi connectivity index (χ2v) is 10.2. The summed E-state index contributed by atoms with van der Waals surface area (Å²) in [5, 5.41) is 12.1. The van der Waals surface area contributed by atoms with Gasteiger partial charge < -0.3 is 26.6 Å². The number of amides is 3. The van der Waals surface area contributed by atoms with Gasteiger partial charge in [0.15, 0.2) is 0 Å². The van der Waals surface area contributed by atoms with Gasteiger partial charge in [0.1, 0.15) is 22.9 Å². The first-order valence-corrected chi connectivity index (χ1v) is 13.1. The lowest BCUT2D eigenvalue weighted by molar-refractivity contribution is -0.138. The van der Waals surface area contributed by atoms with E-state index in [-0.39, 0.29) is 40.3 Å². The van der Waals surface area contributed by atoms with Crippen LogP contribution in [-0.2, 0) is 19.3 Å². The predicted octanol–water partition coefficient (Wildman–Crippen LogP) is 4.01. The molecule has 10 nitrogen and oxygen atoms in total. The van der Waals surface area contributed by atoms with E-state index in [1.807, 2.05) is 11.9 Å². The maximum Gasteiger partial charge on any atom is 0.416 e. The molecule has 3 amide bonds. The summed E-state index contributed by atoms with van der Waals surface area (Å²) in [4.78, 5) is 28.8. The van der Waals surface area contributed by atoms with Crippen molar-refractivity contribution in [2.75, 3.05) is 55.7 Å². The first kappa shape index (κ1) is 28.4. The van der Waals surface area contributed by atoms with E-state index < -0.39 is 29.5 Å². The van der Waals surface area contributed by atoms with Crippen LogP contribution in [0.15, 0.2) is 36.4 Å². The van der Waals surface area contributed by atoms with Gasteiger partial charge in [-0.05, 0) is 43.3 Å². The second kappa shape index (κ2) is 11.4. The van der Waals surface area contributed by atoms with Gasteiger partial charge >= 0.3 is 12.2 Å². The summed E-state index contributed by atoms with van der Waals surface area (Å²) in [6.45, 7) is 4.20. The van der Waals surface area contributed by atoms with Crippen molar-refractivity contribution in [1.29, 1.82) is 0 Å². The number of fused-ring (bicyclic) bond motifs is 1. The fourth-order valence-corrected chi connectivity index (χ4v) is 5.03. The molecule has 0 saturated carbocycles. The van der Waals surface area contributed by atoms with Gasteiger partial charge in [-0.25, -0.2) is 13.9 Å². The van der Waals surface area contributed by atoms with Crippen molar-refractivity contribution in [1.82, 2.24) is 19.6 Å². The van der Waals surface area contributed by atoms with E-state index in [1.165, 1.54) is 24.3 Å². The van der Waals surface area contributed by atoms with Gasteiger partial charge in [-0.15, -0.1) is 0 Å². The van der Waals surface area contributed by atoms with E-state index in [9.17, 15) is 22.8 Å². The molecule has 41 heavy (non-hydrogen) atoms. The van der Waals surface area contributed by atoms with E-state index in [4.69, 9.17) is 5.73 Å². The van der Waals surface area contributed by atoms with Crippen LogP contribution in [-0.4, -0.2) is 71.3 Å². The molecule has 0 atom stereocenters. The standard InChI is InChI=1S/C27H30F4N8O2/c1-37-9-11-38(12-10-37)15-17-3-5-18(14-19(17)27(29,30)31)34-26(41)35-21-6-4-16(13-20(21)28)23-22(24(32)40)25-33-7-2-8-39(25)36-23/h3-6,13-14,33H,2,7-12,15H2,1H3,(H2,32,40)(H2,34,35,41). The Morgan fingerprint density at radius 3 is 2.49 bits per heavy atom. The smallest absolute Gasteiger partial charge is 0.370 e. The highest BCUT2D eigenvalue weighted by atomic mass is 19.4. The maximum atomic E-state index is 15.0. The Labute approximate surface area is 233 Å². The Balaban J connectivity index is 1.30. The van der Waals surface area contributed by atoms with Gasteiger partial charge in [0.05, 0.1) is 11.3 Å². The first-order chi connectivity index (χ1) is 19.5. The summed E-state index contributed by atoms with van der Waals surface area (Å²) in [5.74, 6) is -1.08. The predicted molar refractivity (Wildman–Crippen MR) is 146 cm³/mol. The highest BCUT2D eigenvalue weighted by molar-refractivity contribution is 6.04. The third-order valence-electron chi connectivity index (χ3n) is 7.19. The Bertz CT molecular complexity index is 1460. The quantitative estimate of drug-likeness (QED) is 0.330. The van der Waals surface area contributed by atoms with Crippen molar-refractivity contribution in [3.8, 4) is 11.3 Å². The topological polar surface area (TPSA) is 121 Å². The van der Waals surface area contributed by atoms with Crippen molar-refractivity contribution < 1.29 is 27.2 Å². The van der Waals surface area contributed by atoms with E-state index in [1.54, 1.807) is 4.68 Å². The van der Waals surface area contributed by atoms with E-state index in [0.717, 1.165) is 31.6 Å². The molecule has 0 spiro atoms. The molecule has 1 fully saturated rings. The Kier molecular flexibility index (Phi) is 7.87. The molecule has 5 rings (SSSR count). The molecule has 3 aromatic rings. The number of rotatable bonds is 6. The van der Waals surface area contributed by atoms with Crippen molar-refractivity contribution >= 4 is 29.1 Å². The highest BCUT2D eigenvalue weighted by Crippen LogP contribution is 2.35. The zero-order valence-electron chi connectivity index (χ0n) is 22.3. The number of urea groups is 1. The Morgan fingerprint density at radius 2 is 1.80 bits per heavy atom. The number of alkyl halides is 3. The van der Waals surface area contributed by atoms with Crippen LogP contribution < -0.4 is 21.7 Å². The molecule has 3 heterocycles. The van der Waals surface area contributed by atoms with Crippen molar-refractivity contribution in [2.45, 2.75) is 25.7 Å². The normalized spacial score (nSPS) is 16.1. The molecule has 218 valence electrons. The summed E-state index contributed by atoms with van der Waals surface area (Å²) in [6.07, 6.45) is -3.83. The molecule has 2 aromatic carbocycles. The number of primary amides is 1. The van der Waals surface area contributed by atoms with Crippen molar-refractivity contribution in [2.24, 2.45) is 5.73 Å². The molecular weight excluding hydrogens is 544 g/mol. The largest absolute Gasteiger partial charge is 0.416 e. The molecule has 0 bridgehead atoms. The highest BCUT2D eigenvalue weighted by Gasteiger charge is 2.34. The Hall–Kier alpha value is -4.17. The van der Waals surface area contributed by atoms with Crippen LogP contribution in [0.5, 0.6) is 0 Å². The number of aromatic nitrogens is 2. The van der Waals surface area contributed by atoms with Gasteiger partial charge in [0, 0.05) is 57.1 Å². The minimum Gasteiger partial charge on any atom is -0.370 e. The number of hydrogen-bond donors (Lipinski definition) is 4. The van der Waals surface area contributed by atoms with Crippen molar-refractivity contribution in [3.05, 3.63) is 58.9 Å². The van der Waals surface area contributed by atoms with E-state index >= 15 is 4.39 Å². The molecule has 0 unspecified atom stereocenters. The third-order valence-corrected chi connectivity index (χ3v) is 7.19. The number of aryl methyl sites for hydroxylation is 1. The zero-order valence-corrected chi connectivity index (χ0v) is 22.3. The van der Waals surface area contributed by atoms with Crippen LogP contribution in [0.4, 0.5) is 39.5 Å². The number of anilines is 3. The van der Waals surface area contributed by atoms with Crippen molar-refractivity contribution in [3.63, 3.8) is 0 Å². The molecule has 1 saturated heterocycles. The monoisotopic (exact) mass is 574 g/mol. The fourth-order valence-electron chi connectivity index (χ4n) is 5.03. The van der Waals surface area contributed by atoms with Crippen LogP contribution >= 0.6 is 0 Å². The van der Waals surface area contributed by atoms with Crippen LogP contribution in [0, 0.1) is 5.82 Å². The molecule has 0 radical (unpaired) electrons. The van der Waals surface area contributed by atoms with Crippen LogP contribution in [0.3, 0.4) is 0 Å². The number of nitrogens with two attached hydrogens (primary N) is 1. The number of carbonyl (C=O) groups excluding carboxylic acids is 2. The summed E-state index contributed by atoms with van der Waals surface area (Å²) >= 11 is 0. The molecule has 1 aromatic heterocycles. The number of nitrogens with zero attached hydrogens (tertiary/aromatic N) is 4. The second-order valence-electron chi connectivity index (χ2n) is 10.2. The Morgan fingerprint density at radius 1 is 1.05 bits per heavy atom. The number of hydrogen-bond acceptors (Lipinski definition) is 6. The number of halogens is 4. The number of nitrogens with one attached hydrogen (secondary N) is 3. The third kappa shape index (κ3) is 6.28. The first-order valence-electron chi connectivity index (χ1n) is 13.1. The van der Waals surface area contributed by atoms with Gasteiger partial charge in [-0.3, -0.25) is 9.69 Å². The number of piperazine rings is 1. The fraction of sp³-hybridized carbons (Fsp3) is 0.370. The van der Waals surface area contributed by atoms with Gasteiger partial charge in [0.2, 0.25) is 0 Å². The van der Waals surface area contributed by atoms with Gasteiger partial charge in [0.25, 0.3) is 5.91 Å². The van der Waals surface area contributed by atoms with Crippen LogP contribution in [0.1, 0.15) is 27.9 Å². The summed E-state index contributed by atoms with van der Waals surface area (Å²) in [5.41, 5.74) is 5.15. The van der Waals surface area contributed by atoms with E-state index in [0.29, 0.717) is 32.0 Å². The zero-order chi connectivity index (χ0) is 29.3. The van der Waals surface area contributed by atoms with Crippen LogP contribution in [0.2, 0.25) is 0 Å². The maximum absolute atomic E-state index is 15.0. The average Bonchev–Trinajstić information content (AvgIpc) is 3.31. The number of benzene rings is 2. The molecule has 2 aliphatic rings. The SMILES string of the molecule is CN1CCN(Cc2ccc(NC(=O)Nc3ccc(-c4nn5c(c4C(N)=O)NCCC5)cc3F)cc2C(F)(F)F)CC1. The van der Waals surface area contributed by atoms with Gasteiger partial charge in [-0.2, -0.15) is 18.3 Å². The molecule has 5 N–H and O–H groups in total. The molecular formula is C27H30F4N8O2. The summed E-state index contributed by atoms with van der Waals surface area (Å²) in [6, 6.07) is 6.54. The number of carbonyl (C=O) groups is 2. The van der Waals surface area contributed by atoms with Gasteiger partial charge in [-0.1, -0.05) is 12.1 Å². The lowest BCUT2D eigenvalue weighted by Crippen LogP contribution is -2.44. The lowest BCUT2D eigenvalue weighted by Gasteiger charge is -2.33. The number of likely N-dealkylation sites (N-methyl/N-ethyl adjacent to an activating group) is 1. The summed E-state index contributed by atoms with van der Waals surface area (Å²) in [7, 11) is 1.97. The molecule has 2 aliphatic heterocycles. The minimum absolute atomic E-state index is 0.0869. The van der Waals surface area contributed by atoms with E-state index in [2.05, 4.69) is 25.9 Å². The molecule has 14 heteroatoms. The minimum atomic E-state index is -4.62. The summed E-state index contributed by atoms with van der Waals surface area (Å²) < 4.78 is 58.2. The lowest BCUT2D eigenvalue weighted by atomic mass is 10.0.